The number of aromatic nitrogens is 1. The third-order valence-electron chi connectivity index (χ3n) is 3.19. The molecule has 0 aliphatic rings. The van der Waals surface area contributed by atoms with Gasteiger partial charge in [-0.15, -0.1) is 0 Å². The zero-order valence-electron chi connectivity index (χ0n) is 11.3. The highest BCUT2D eigenvalue weighted by atomic mass is 19.1. The van der Waals surface area contributed by atoms with Gasteiger partial charge in [0.25, 0.3) is 5.91 Å². The Kier molecular flexibility index (Phi) is 3.42. The van der Waals surface area contributed by atoms with Crippen molar-refractivity contribution in [2.24, 2.45) is 0 Å². The van der Waals surface area contributed by atoms with Gasteiger partial charge in [0, 0.05) is 28.3 Å². The molecule has 4 nitrogen and oxygen atoms in total. The van der Waals surface area contributed by atoms with E-state index in [1.165, 1.54) is 42.6 Å². The van der Waals surface area contributed by atoms with E-state index in [0.717, 1.165) is 0 Å². The summed E-state index contributed by atoms with van der Waals surface area (Å²) in [6.07, 6.45) is 1.43. The molecule has 110 valence electrons. The summed E-state index contributed by atoms with van der Waals surface area (Å²) in [5, 5.41) is 3.45. The molecule has 0 radical (unpaired) electrons. The van der Waals surface area contributed by atoms with Crippen LogP contribution in [0.5, 0.6) is 0 Å². The summed E-state index contributed by atoms with van der Waals surface area (Å²) in [4.78, 5) is 16.3. The summed E-state index contributed by atoms with van der Waals surface area (Å²) in [5.41, 5.74) is 6.44. The number of nitrogens with two attached hydrogens (primary N) is 1. The molecular formula is C16H11F2N3O. The van der Waals surface area contributed by atoms with Gasteiger partial charge in [0.1, 0.15) is 17.3 Å². The molecule has 0 fully saturated rings. The second-order valence-corrected chi connectivity index (χ2v) is 4.71. The number of hydrogen-bond donors (Lipinski definition) is 2. The van der Waals surface area contributed by atoms with Crippen molar-refractivity contribution < 1.29 is 13.6 Å². The number of anilines is 2. The van der Waals surface area contributed by atoms with E-state index in [-0.39, 0.29) is 11.4 Å². The van der Waals surface area contributed by atoms with Crippen LogP contribution in [-0.2, 0) is 0 Å². The number of carbonyl (C=O) groups is 1. The number of carbonyl (C=O) groups excluding carboxylic acids is 1. The Morgan fingerprint density at radius 2 is 1.73 bits per heavy atom. The van der Waals surface area contributed by atoms with E-state index in [0.29, 0.717) is 16.5 Å². The maximum Gasteiger partial charge on any atom is 0.274 e. The van der Waals surface area contributed by atoms with Crippen LogP contribution in [0.1, 0.15) is 10.5 Å². The van der Waals surface area contributed by atoms with Crippen LogP contribution in [0.25, 0.3) is 10.8 Å². The molecule has 0 bridgehead atoms. The summed E-state index contributed by atoms with van der Waals surface area (Å²) in [6, 6.07) is 9.30. The molecule has 2 aromatic carbocycles. The van der Waals surface area contributed by atoms with Crippen molar-refractivity contribution in [2.75, 3.05) is 11.1 Å². The molecular weight excluding hydrogens is 288 g/mol. The third-order valence-corrected chi connectivity index (χ3v) is 3.19. The average molecular weight is 299 g/mol. The minimum atomic E-state index is -0.547. The summed E-state index contributed by atoms with van der Waals surface area (Å²) in [6.45, 7) is 0. The Bertz CT molecular complexity index is 863. The second kappa shape index (κ2) is 5.40. The largest absolute Gasteiger partial charge is 0.398 e. The molecule has 0 aliphatic carbocycles. The normalized spacial score (nSPS) is 10.6. The molecule has 1 heterocycles. The van der Waals surface area contributed by atoms with Gasteiger partial charge in [-0.3, -0.25) is 9.78 Å². The molecule has 0 spiro atoms. The van der Waals surface area contributed by atoms with Crippen LogP contribution in [-0.4, -0.2) is 10.9 Å². The molecule has 0 unspecified atom stereocenters. The molecule has 0 atom stereocenters. The number of nitrogens with zero attached hydrogens (tertiary/aromatic N) is 1. The molecule has 3 rings (SSSR count). The summed E-state index contributed by atoms with van der Waals surface area (Å²) >= 11 is 0. The fraction of sp³-hybridized carbons (Fsp3) is 0. The van der Waals surface area contributed by atoms with Crippen LogP contribution in [0.3, 0.4) is 0 Å². The van der Waals surface area contributed by atoms with E-state index in [4.69, 9.17) is 5.73 Å². The smallest absolute Gasteiger partial charge is 0.274 e. The highest BCUT2D eigenvalue weighted by molar-refractivity contribution is 6.13. The van der Waals surface area contributed by atoms with Crippen molar-refractivity contribution in [1.29, 1.82) is 0 Å². The molecule has 0 saturated heterocycles. The van der Waals surface area contributed by atoms with Gasteiger partial charge < -0.3 is 11.1 Å². The summed E-state index contributed by atoms with van der Waals surface area (Å²) < 4.78 is 26.4. The SMILES string of the molecule is Nc1cc(F)cc2c(C(=O)Nc3ccc(F)cc3)nccc12. The number of nitrogens with one attached hydrogen (secondary N) is 1. The highest BCUT2D eigenvalue weighted by Gasteiger charge is 2.14. The molecule has 3 N–H and O–H groups in total. The molecule has 0 saturated carbocycles. The first-order valence-corrected chi connectivity index (χ1v) is 6.45. The van der Waals surface area contributed by atoms with E-state index in [9.17, 15) is 13.6 Å². The Hall–Kier alpha value is -3.02. The van der Waals surface area contributed by atoms with Crippen molar-refractivity contribution in [3.05, 3.63) is 66.0 Å². The number of pyridine rings is 1. The topological polar surface area (TPSA) is 68.0 Å². The van der Waals surface area contributed by atoms with Crippen molar-refractivity contribution in [3.8, 4) is 0 Å². The lowest BCUT2D eigenvalue weighted by Gasteiger charge is -2.09. The number of benzene rings is 2. The number of amides is 1. The third kappa shape index (κ3) is 2.58. The molecule has 1 aromatic heterocycles. The van der Waals surface area contributed by atoms with Crippen LogP contribution in [0, 0.1) is 11.6 Å². The second-order valence-electron chi connectivity index (χ2n) is 4.71. The minimum Gasteiger partial charge on any atom is -0.398 e. The van der Waals surface area contributed by atoms with Crippen LogP contribution in [0.2, 0.25) is 0 Å². The molecule has 1 amide bonds. The Labute approximate surface area is 124 Å². The van der Waals surface area contributed by atoms with Crippen molar-refractivity contribution in [1.82, 2.24) is 4.98 Å². The first-order valence-electron chi connectivity index (χ1n) is 6.45. The number of halogens is 2. The maximum atomic E-state index is 13.5. The monoisotopic (exact) mass is 299 g/mol. The Morgan fingerprint density at radius 1 is 1.00 bits per heavy atom. The first kappa shape index (κ1) is 13.9. The predicted molar refractivity (Wildman–Crippen MR) is 80.5 cm³/mol. The van der Waals surface area contributed by atoms with E-state index in [1.807, 2.05) is 0 Å². The zero-order valence-corrected chi connectivity index (χ0v) is 11.3. The first-order chi connectivity index (χ1) is 10.5. The van der Waals surface area contributed by atoms with Gasteiger partial charge >= 0.3 is 0 Å². The quantitative estimate of drug-likeness (QED) is 0.713. The lowest BCUT2D eigenvalue weighted by atomic mass is 10.1. The van der Waals surface area contributed by atoms with E-state index in [2.05, 4.69) is 10.3 Å². The van der Waals surface area contributed by atoms with Crippen molar-refractivity contribution in [3.63, 3.8) is 0 Å². The standard InChI is InChI=1S/C16H11F2N3O/c17-9-1-3-11(4-2-9)21-16(22)15-13-7-10(18)8-14(19)12(13)5-6-20-15/h1-8H,19H2,(H,21,22). The van der Waals surface area contributed by atoms with Crippen molar-refractivity contribution in [2.45, 2.75) is 0 Å². The lowest BCUT2D eigenvalue weighted by molar-refractivity contribution is 0.102. The van der Waals surface area contributed by atoms with Gasteiger partial charge in [-0.1, -0.05) is 0 Å². The Morgan fingerprint density at radius 3 is 2.45 bits per heavy atom. The highest BCUT2D eigenvalue weighted by Crippen LogP contribution is 2.25. The summed E-state index contributed by atoms with van der Waals surface area (Å²) in [5.74, 6) is -1.48. The summed E-state index contributed by atoms with van der Waals surface area (Å²) in [7, 11) is 0. The van der Waals surface area contributed by atoms with Crippen molar-refractivity contribution >= 4 is 28.1 Å². The van der Waals surface area contributed by atoms with Gasteiger partial charge in [-0.05, 0) is 42.5 Å². The maximum absolute atomic E-state index is 13.5. The van der Waals surface area contributed by atoms with Gasteiger partial charge in [0.05, 0.1) is 0 Å². The average Bonchev–Trinajstić information content (AvgIpc) is 2.49. The van der Waals surface area contributed by atoms with E-state index < -0.39 is 17.5 Å². The van der Waals surface area contributed by atoms with Crippen LogP contribution in [0.15, 0.2) is 48.7 Å². The van der Waals surface area contributed by atoms with Gasteiger partial charge in [0.15, 0.2) is 0 Å². The van der Waals surface area contributed by atoms with E-state index >= 15 is 0 Å². The Balaban J connectivity index is 2.02. The lowest BCUT2D eigenvalue weighted by Crippen LogP contribution is -2.14. The number of nitrogen functional groups attached to an aromatic ring is 1. The number of hydrogen-bond acceptors (Lipinski definition) is 3. The zero-order chi connectivity index (χ0) is 15.7. The predicted octanol–water partition coefficient (Wildman–Crippen LogP) is 3.35. The number of fused-ring (bicyclic) bond motifs is 1. The minimum absolute atomic E-state index is 0.0491. The number of rotatable bonds is 2. The molecule has 0 aliphatic heterocycles. The van der Waals surface area contributed by atoms with Gasteiger partial charge in [0.2, 0.25) is 0 Å². The fourth-order valence-corrected chi connectivity index (χ4v) is 2.18. The molecule has 22 heavy (non-hydrogen) atoms. The van der Waals surface area contributed by atoms with Gasteiger partial charge in [-0.25, -0.2) is 8.78 Å². The van der Waals surface area contributed by atoms with Gasteiger partial charge in [-0.2, -0.15) is 0 Å². The molecule has 3 aromatic rings. The van der Waals surface area contributed by atoms with Crippen LogP contribution >= 0.6 is 0 Å². The van der Waals surface area contributed by atoms with Crippen LogP contribution < -0.4 is 11.1 Å². The fourth-order valence-electron chi connectivity index (χ4n) is 2.18. The van der Waals surface area contributed by atoms with Crippen LogP contribution in [0.4, 0.5) is 20.2 Å². The van der Waals surface area contributed by atoms with E-state index in [1.54, 1.807) is 6.07 Å². The molecule has 6 heteroatoms.